The van der Waals surface area contributed by atoms with Gasteiger partial charge in [-0.15, -0.1) is 16.4 Å². The van der Waals surface area contributed by atoms with Crippen LogP contribution < -0.4 is 0 Å². The molecule has 4 rings (SSSR count). The van der Waals surface area contributed by atoms with Crippen molar-refractivity contribution in [2.75, 3.05) is 0 Å². The largest absolute Gasteiger partial charge is 0.287 e. The third kappa shape index (κ3) is 3.42. The summed E-state index contributed by atoms with van der Waals surface area (Å²) >= 11 is 1.59. The number of carbonyl (C=O) groups is 1. The van der Waals surface area contributed by atoms with E-state index in [2.05, 4.69) is 20.6 Å². The molecular weight excluding hydrogens is 368 g/mol. The maximum Gasteiger partial charge on any atom is 0.213 e. The number of hydrogen-bond acceptors (Lipinski definition) is 5. The number of ketones is 1. The van der Waals surface area contributed by atoms with Gasteiger partial charge in [-0.1, -0.05) is 60.7 Å². The molecule has 4 aromatic rings. The number of thiazole rings is 1. The summed E-state index contributed by atoms with van der Waals surface area (Å²) in [6.45, 7) is 3.97. The van der Waals surface area contributed by atoms with E-state index in [1.165, 1.54) is 0 Å². The second-order valence-electron chi connectivity index (χ2n) is 6.33. The van der Waals surface area contributed by atoms with Crippen LogP contribution in [0.2, 0.25) is 0 Å². The Morgan fingerprint density at radius 2 is 1.64 bits per heavy atom. The van der Waals surface area contributed by atoms with Crippen LogP contribution in [0.25, 0.3) is 4.96 Å². The van der Waals surface area contributed by atoms with Crippen molar-refractivity contribution in [2.24, 2.45) is 10.2 Å². The summed E-state index contributed by atoms with van der Waals surface area (Å²) in [6, 6.07) is 18.5. The van der Waals surface area contributed by atoms with Gasteiger partial charge in [0.1, 0.15) is 5.71 Å². The highest BCUT2D eigenvalue weighted by molar-refractivity contribution is 7.15. The fourth-order valence-electron chi connectivity index (χ4n) is 2.98. The highest BCUT2D eigenvalue weighted by atomic mass is 32.1. The summed E-state index contributed by atoms with van der Waals surface area (Å²) in [6.07, 6.45) is 1.66. The van der Waals surface area contributed by atoms with E-state index in [4.69, 9.17) is 0 Å². The molecule has 2 aromatic carbocycles. The first-order valence-electron chi connectivity index (χ1n) is 8.84. The van der Waals surface area contributed by atoms with Crippen LogP contribution in [0.1, 0.15) is 33.0 Å². The summed E-state index contributed by atoms with van der Waals surface area (Å²) < 4.78 is 2.04. The van der Waals surface area contributed by atoms with E-state index < -0.39 is 0 Å². The molecule has 0 bridgehead atoms. The van der Waals surface area contributed by atoms with Gasteiger partial charge in [-0.2, -0.15) is 5.10 Å². The van der Waals surface area contributed by atoms with Gasteiger partial charge in [0.15, 0.2) is 4.96 Å². The zero-order valence-corrected chi connectivity index (χ0v) is 16.4. The molecule has 5 nitrogen and oxygen atoms in total. The van der Waals surface area contributed by atoms with Crippen molar-refractivity contribution in [3.63, 3.8) is 0 Å². The maximum atomic E-state index is 13.0. The Kier molecular flexibility index (Phi) is 4.95. The molecule has 2 aromatic heterocycles. The van der Waals surface area contributed by atoms with Crippen molar-refractivity contribution < 1.29 is 4.79 Å². The van der Waals surface area contributed by atoms with E-state index in [1.807, 2.05) is 66.8 Å². The lowest BCUT2D eigenvalue weighted by Crippen LogP contribution is -2.15. The minimum Gasteiger partial charge on any atom is -0.287 e. The van der Waals surface area contributed by atoms with E-state index in [0.29, 0.717) is 11.3 Å². The Hall–Kier alpha value is -3.38. The summed E-state index contributed by atoms with van der Waals surface area (Å²) in [5.74, 6) is -0.161. The van der Waals surface area contributed by atoms with Gasteiger partial charge in [0.05, 0.1) is 17.6 Å². The fraction of sp³-hybridized carbons (Fsp3) is 0.0909. The van der Waals surface area contributed by atoms with Gasteiger partial charge >= 0.3 is 0 Å². The summed E-state index contributed by atoms with van der Waals surface area (Å²) in [7, 11) is 0. The summed E-state index contributed by atoms with van der Waals surface area (Å²) in [4.78, 5) is 18.5. The van der Waals surface area contributed by atoms with Crippen LogP contribution in [-0.4, -0.2) is 27.1 Å². The zero-order chi connectivity index (χ0) is 19.5. The number of carbonyl (C=O) groups excluding carboxylic acids is 1. The molecule has 2 heterocycles. The maximum absolute atomic E-state index is 13.0. The Morgan fingerprint density at radius 1 is 1.00 bits per heavy atom. The van der Waals surface area contributed by atoms with Crippen LogP contribution in [0, 0.1) is 13.8 Å². The second-order valence-corrected chi connectivity index (χ2v) is 7.17. The van der Waals surface area contributed by atoms with E-state index in [-0.39, 0.29) is 5.78 Å². The Labute approximate surface area is 166 Å². The average Bonchev–Trinajstić information content (AvgIpc) is 3.24. The van der Waals surface area contributed by atoms with Crippen LogP contribution in [0.5, 0.6) is 0 Å². The first-order chi connectivity index (χ1) is 13.6. The van der Waals surface area contributed by atoms with Gasteiger partial charge in [-0.25, -0.2) is 4.98 Å². The van der Waals surface area contributed by atoms with Crippen molar-refractivity contribution in [1.29, 1.82) is 0 Å². The normalized spacial score (nSPS) is 12.1. The zero-order valence-electron chi connectivity index (χ0n) is 15.5. The van der Waals surface area contributed by atoms with E-state index in [9.17, 15) is 4.79 Å². The topological polar surface area (TPSA) is 59.1 Å². The number of hydrogen-bond donors (Lipinski definition) is 0. The van der Waals surface area contributed by atoms with Crippen molar-refractivity contribution in [2.45, 2.75) is 13.8 Å². The quantitative estimate of drug-likeness (QED) is 0.283. The van der Waals surface area contributed by atoms with Crippen LogP contribution in [0.3, 0.4) is 0 Å². The van der Waals surface area contributed by atoms with Crippen LogP contribution in [0.4, 0.5) is 0 Å². The van der Waals surface area contributed by atoms with Crippen molar-refractivity contribution >= 4 is 34.0 Å². The predicted octanol–water partition coefficient (Wildman–Crippen LogP) is 4.72. The molecule has 28 heavy (non-hydrogen) atoms. The average molecular weight is 386 g/mol. The first kappa shape index (κ1) is 18.0. The minimum absolute atomic E-state index is 0.161. The molecule has 0 aliphatic rings. The number of benzene rings is 2. The molecule has 0 radical (unpaired) electrons. The van der Waals surface area contributed by atoms with Gasteiger partial charge in [-0.3, -0.25) is 9.20 Å². The molecule has 0 aliphatic carbocycles. The number of nitrogens with zero attached hydrogens (tertiary/aromatic N) is 4. The summed E-state index contributed by atoms with van der Waals surface area (Å²) in [5.41, 5.74) is 4.46. The number of rotatable bonds is 5. The first-order valence-corrected chi connectivity index (χ1v) is 9.72. The van der Waals surface area contributed by atoms with E-state index in [0.717, 1.165) is 27.6 Å². The lowest BCUT2D eigenvalue weighted by Gasteiger charge is -2.04. The smallest absolute Gasteiger partial charge is 0.213 e. The fourth-order valence-corrected chi connectivity index (χ4v) is 3.89. The number of aromatic nitrogens is 2. The standard InChI is InChI=1S/C22H18N4OS/c1-15-14-28-22-24-16(2)19(26(15)22)13-23-25-20(17-9-5-3-6-10-17)21(27)18-11-7-4-8-12-18/h3-14H,1-2H3. The van der Waals surface area contributed by atoms with E-state index in [1.54, 1.807) is 29.7 Å². The molecule has 0 atom stereocenters. The predicted molar refractivity (Wildman–Crippen MR) is 114 cm³/mol. The minimum atomic E-state index is -0.161. The van der Waals surface area contributed by atoms with Crippen LogP contribution in [-0.2, 0) is 0 Å². The van der Waals surface area contributed by atoms with Crippen molar-refractivity contribution in [3.8, 4) is 0 Å². The van der Waals surface area contributed by atoms with Crippen LogP contribution in [0.15, 0.2) is 76.2 Å². The monoisotopic (exact) mass is 386 g/mol. The molecule has 0 spiro atoms. The number of imidazole rings is 1. The number of fused-ring (bicyclic) bond motifs is 1. The molecule has 0 fully saturated rings. The molecule has 138 valence electrons. The van der Waals surface area contributed by atoms with Gasteiger partial charge in [0.2, 0.25) is 5.78 Å². The number of aryl methyl sites for hydroxylation is 2. The lowest BCUT2D eigenvalue weighted by molar-refractivity contribution is 0.106. The Balaban J connectivity index is 1.75. The second kappa shape index (κ2) is 7.70. The summed E-state index contributed by atoms with van der Waals surface area (Å²) in [5, 5.41) is 10.6. The van der Waals surface area contributed by atoms with E-state index >= 15 is 0 Å². The Bertz CT molecular complexity index is 1190. The molecule has 0 N–H and O–H groups in total. The molecule has 0 unspecified atom stereocenters. The van der Waals surface area contributed by atoms with Gasteiger partial charge in [0, 0.05) is 22.2 Å². The molecular formula is C22H18N4OS. The van der Waals surface area contributed by atoms with Gasteiger partial charge in [-0.05, 0) is 13.8 Å². The third-order valence-electron chi connectivity index (χ3n) is 4.39. The number of Topliss-reactive ketones (excluding diaryl/α,β-unsaturated/α-hetero) is 1. The SMILES string of the molecule is Cc1nc2scc(C)n2c1C=NN=C(C(=O)c1ccccc1)c1ccccc1. The highest BCUT2D eigenvalue weighted by Crippen LogP contribution is 2.19. The van der Waals surface area contributed by atoms with Crippen LogP contribution >= 0.6 is 11.3 Å². The molecule has 0 saturated heterocycles. The molecule has 0 amide bonds. The highest BCUT2D eigenvalue weighted by Gasteiger charge is 2.16. The molecule has 6 heteroatoms. The van der Waals surface area contributed by atoms with Crippen molar-refractivity contribution in [1.82, 2.24) is 9.38 Å². The molecule has 0 saturated carbocycles. The van der Waals surface area contributed by atoms with Gasteiger partial charge in [0.25, 0.3) is 0 Å². The third-order valence-corrected chi connectivity index (χ3v) is 5.33. The van der Waals surface area contributed by atoms with Crippen molar-refractivity contribution in [3.05, 3.63) is 94.3 Å². The Morgan fingerprint density at radius 3 is 2.32 bits per heavy atom. The molecule has 0 aliphatic heterocycles. The lowest BCUT2D eigenvalue weighted by atomic mass is 10.0. The van der Waals surface area contributed by atoms with Gasteiger partial charge < -0.3 is 0 Å².